The van der Waals surface area contributed by atoms with Gasteiger partial charge in [-0.15, -0.1) is 0 Å². The van der Waals surface area contributed by atoms with Gasteiger partial charge in [0, 0.05) is 12.5 Å². The van der Waals surface area contributed by atoms with Gasteiger partial charge in [0.05, 0.1) is 0 Å². The molecule has 0 aliphatic rings. The molecule has 0 aromatic heterocycles. The summed E-state index contributed by atoms with van der Waals surface area (Å²) in [5.74, 6) is 0.650. The predicted molar refractivity (Wildman–Crippen MR) is 95.4 cm³/mol. The van der Waals surface area contributed by atoms with Crippen LogP contribution >= 0.6 is 0 Å². The van der Waals surface area contributed by atoms with E-state index in [4.69, 9.17) is 0 Å². The van der Waals surface area contributed by atoms with Crippen molar-refractivity contribution in [2.45, 2.75) is 75.8 Å². The monoisotopic (exact) mass is 299 g/mol. The lowest BCUT2D eigenvalue weighted by atomic mass is 10.00. The number of ketones is 1. The molecule has 0 saturated heterocycles. The molecule has 0 aromatic rings. The number of Topliss-reactive ketones (excluding diaryl/α,β-unsaturated/α-hetero) is 1. The van der Waals surface area contributed by atoms with Gasteiger partial charge in [-0.1, -0.05) is 40.9 Å². The van der Waals surface area contributed by atoms with Crippen LogP contribution in [0.4, 0.5) is 0 Å². The van der Waals surface area contributed by atoms with Gasteiger partial charge in [0.1, 0.15) is 0 Å². The van der Waals surface area contributed by atoms with Crippen LogP contribution in [0.3, 0.4) is 0 Å². The van der Waals surface area contributed by atoms with Crippen LogP contribution in [0.5, 0.6) is 0 Å². The minimum Gasteiger partial charge on any atom is -0.350 e. The molecule has 0 aromatic carbocycles. The standard InChI is InChI=1S/C10H18O.C6H11NO.2CH4/c1-7(2)6-10(11)9(5)8(3)4;1-4-6(8)7-5(2)3;;/h7H,6H2,1-5H3;4-5H,1H2,2-3H3,(H,7,8);2*1H4. The van der Waals surface area contributed by atoms with Crippen molar-refractivity contribution in [1.29, 1.82) is 0 Å². The summed E-state index contributed by atoms with van der Waals surface area (Å²) in [5, 5.41) is 2.64. The molecule has 3 heteroatoms. The van der Waals surface area contributed by atoms with E-state index in [0.29, 0.717) is 18.1 Å². The van der Waals surface area contributed by atoms with Crippen LogP contribution in [0.2, 0.25) is 0 Å². The lowest BCUT2D eigenvalue weighted by Gasteiger charge is -2.04. The molecule has 0 heterocycles. The highest BCUT2D eigenvalue weighted by Gasteiger charge is 2.07. The van der Waals surface area contributed by atoms with E-state index in [1.54, 1.807) is 0 Å². The molecule has 0 rings (SSSR count). The molecular formula is C18H37NO2. The second kappa shape index (κ2) is 15.0. The molecule has 0 aliphatic heterocycles. The molecule has 0 unspecified atom stereocenters. The number of nitrogens with one attached hydrogen (secondary N) is 1. The van der Waals surface area contributed by atoms with Crippen molar-refractivity contribution in [3.8, 4) is 0 Å². The first kappa shape index (κ1) is 27.9. The largest absolute Gasteiger partial charge is 0.350 e. The molecule has 0 atom stereocenters. The highest BCUT2D eigenvalue weighted by atomic mass is 16.1. The Labute approximate surface area is 132 Å². The quantitative estimate of drug-likeness (QED) is 0.732. The van der Waals surface area contributed by atoms with Crippen molar-refractivity contribution in [2.24, 2.45) is 5.92 Å². The average Bonchev–Trinajstić information content (AvgIpc) is 2.26. The number of carbonyl (C=O) groups is 2. The van der Waals surface area contributed by atoms with Crippen LogP contribution in [0.25, 0.3) is 0 Å². The topological polar surface area (TPSA) is 46.2 Å². The Kier molecular flexibility index (Phi) is 19.9. The lowest BCUT2D eigenvalue weighted by molar-refractivity contribution is -0.117. The molecular weight excluding hydrogens is 262 g/mol. The van der Waals surface area contributed by atoms with E-state index >= 15 is 0 Å². The zero-order valence-corrected chi connectivity index (χ0v) is 13.5. The summed E-state index contributed by atoms with van der Waals surface area (Å²) >= 11 is 0. The Morgan fingerprint density at radius 3 is 1.67 bits per heavy atom. The molecule has 21 heavy (non-hydrogen) atoms. The Hall–Kier alpha value is -1.38. The Morgan fingerprint density at radius 2 is 1.48 bits per heavy atom. The minimum absolute atomic E-state index is 0. The lowest BCUT2D eigenvalue weighted by Crippen LogP contribution is -2.27. The predicted octanol–water partition coefficient (Wildman–Crippen LogP) is 4.93. The van der Waals surface area contributed by atoms with E-state index in [1.807, 2.05) is 34.6 Å². The molecule has 3 nitrogen and oxygen atoms in total. The summed E-state index contributed by atoms with van der Waals surface area (Å²) in [5.41, 5.74) is 2.06. The molecule has 0 aliphatic carbocycles. The maximum absolute atomic E-state index is 11.3. The van der Waals surface area contributed by atoms with Gasteiger partial charge in [-0.3, -0.25) is 9.59 Å². The maximum atomic E-state index is 11.3. The first-order chi connectivity index (χ1) is 8.61. The van der Waals surface area contributed by atoms with Gasteiger partial charge in [0.25, 0.3) is 0 Å². The first-order valence-electron chi connectivity index (χ1n) is 6.72. The minimum atomic E-state index is -0.111. The van der Waals surface area contributed by atoms with E-state index in [-0.39, 0.29) is 26.8 Å². The van der Waals surface area contributed by atoms with Crippen molar-refractivity contribution in [3.63, 3.8) is 0 Å². The summed E-state index contributed by atoms with van der Waals surface area (Å²) in [6.45, 7) is 17.1. The van der Waals surface area contributed by atoms with E-state index in [1.165, 1.54) is 6.08 Å². The average molecular weight is 299 g/mol. The maximum Gasteiger partial charge on any atom is 0.243 e. The third-order valence-electron chi connectivity index (χ3n) is 2.38. The fraction of sp³-hybridized carbons (Fsp3) is 0.667. The van der Waals surface area contributed by atoms with Crippen LogP contribution in [0.1, 0.15) is 69.7 Å². The fourth-order valence-corrected chi connectivity index (χ4v) is 1.15. The Bertz CT molecular complexity index is 335. The summed E-state index contributed by atoms with van der Waals surface area (Å²) in [7, 11) is 0. The van der Waals surface area contributed by atoms with Gasteiger partial charge in [-0.2, -0.15) is 0 Å². The molecule has 0 fully saturated rings. The van der Waals surface area contributed by atoms with Gasteiger partial charge in [-0.05, 0) is 52.2 Å². The van der Waals surface area contributed by atoms with Gasteiger partial charge in [0.2, 0.25) is 5.91 Å². The first-order valence-corrected chi connectivity index (χ1v) is 6.72. The van der Waals surface area contributed by atoms with Crippen LogP contribution in [-0.2, 0) is 9.59 Å². The fourth-order valence-electron chi connectivity index (χ4n) is 1.15. The zero-order valence-electron chi connectivity index (χ0n) is 13.5. The summed E-state index contributed by atoms with van der Waals surface area (Å²) in [4.78, 5) is 21.7. The Morgan fingerprint density at radius 1 is 1.05 bits per heavy atom. The molecule has 126 valence electrons. The van der Waals surface area contributed by atoms with Crippen LogP contribution in [-0.4, -0.2) is 17.7 Å². The van der Waals surface area contributed by atoms with Crippen molar-refractivity contribution in [1.82, 2.24) is 5.32 Å². The summed E-state index contributed by atoms with van der Waals surface area (Å²) < 4.78 is 0. The second-order valence-corrected chi connectivity index (χ2v) is 5.51. The number of allylic oxidation sites excluding steroid dienone is 2. The van der Waals surface area contributed by atoms with Crippen molar-refractivity contribution < 1.29 is 9.59 Å². The number of hydrogen-bond donors (Lipinski definition) is 1. The van der Waals surface area contributed by atoms with Crippen molar-refractivity contribution in [3.05, 3.63) is 23.8 Å². The SMILES string of the molecule is C.C.C=CC(=O)NC(C)C.CC(C)=C(C)C(=O)CC(C)C. The number of rotatable bonds is 5. The smallest absolute Gasteiger partial charge is 0.243 e. The third-order valence-corrected chi connectivity index (χ3v) is 2.38. The summed E-state index contributed by atoms with van der Waals surface area (Å²) in [6, 6.07) is 0.209. The van der Waals surface area contributed by atoms with Gasteiger partial charge in [-0.25, -0.2) is 0 Å². The second-order valence-electron chi connectivity index (χ2n) is 5.51. The molecule has 0 radical (unpaired) electrons. The molecule has 0 bridgehead atoms. The molecule has 1 amide bonds. The third kappa shape index (κ3) is 18.6. The van der Waals surface area contributed by atoms with Gasteiger partial charge >= 0.3 is 0 Å². The highest BCUT2D eigenvalue weighted by Crippen LogP contribution is 2.10. The molecule has 1 N–H and O–H groups in total. The van der Waals surface area contributed by atoms with E-state index in [2.05, 4.69) is 25.7 Å². The normalized spacial score (nSPS) is 8.62. The van der Waals surface area contributed by atoms with Crippen LogP contribution < -0.4 is 5.32 Å². The number of carbonyl (C=O) groups excluding carboxylic acids is 2. The zero-order chi connectivity index (χ0) is 15.6. The van der Waals surface area contributed by atoms with E-state index in [0.717, 1.165) is 11.1 Å². The van der Waals surface area contributed by atoms with E-state index < -0.39 is 0 Å². The van der Waals surface area contributed by atoms with Crippen LogP contribution in [0.15, 0.2) is 23.8 Å². The van der Waals surface area contributed by atoms with Crippen molar-refractivity contribution in [2.75, 3.05) is 0 Å². The Balaban J connectivity index is -0.000000131. The molecule has 0 saturated carbocycles. The summed E-state index contributed by atoms with van der Waals surface area (Å²) in [6.07, 6.45) is 1.94. The number of amides is 1. The van der Waals surface area contributed by atoms with Gasteiger partial charge in [0.15, 0.2) is 5.78 Å². The van der Waals surface area contributed by atoms with E-state index in [9.17, 15) is 9.59 Å². The number of hydrogen-bond acceptors (Lipinski definition) is 2. The molecule has 0 spiro atoms. The highest BCUT2D eigenvalue weighted by molar-refractivity contribution is 5.95. The van der Waals surface area contributed by atoms with Crippen molar-refractivity contribution >= 4 is 11.7 Å². The van der Waals surface area contributed by atoms with Gasteiger partial charge < -0.3 is 5.32 Å². The van der Waals surface area contributed by atoms with Crippen LogP contribution in [0, 0.1) is 5.92 Å².